The summed E-state index contributed by atoms with van der Waals surface area (Å²) in [6.45, 7) is 3.04. The number of aryl methyl sites for hydroxylation is 2. The van der Waals surface area contributed by atoms with E-state index >= 15 is 0 Å². The molecule has 2 atom stereocenters. The molecule has 0 radical (unpaired) electrons. The number of benzene rings is 1. The van der Waals surface area contributed by atoms with Crippen molar-refractivity contribution in [1.82, 2.24) is 10.6 Å². The number of hydrogen-bond acceptors (Lipinski definition) is 2. The summed E-state index contributed by atoms with van der Waals surface area (Å²) in [6.07, 6.45) is 7.07. The maximum atomic E-state index is 12.1. The molecule has 3 nitrogen and oxygen atoms in total. The lowest BCUT2D eigenvalue weighted by Crippen LogP contribution is -2.41. The quantitative estimate of drug-likeness (QED) is 0.901. The molecule has 1 heterocycles. The normalized spacial score (nSPS) is 22.0. The van der Waals surface area contributed by atoms with Crippen LogP contribution in [-0.4, -0.2) is 18.5 Å². The summed E-state index contributed by atoms with van der Waals surface area (Å²) in [5.74, 6) is 0.146. The lowest BCUT2D eigenvalue weighted by molar-refractivity contribution is -0.123. The molecule has 116 valence electrons. The van der Waals surface area contributed by atoms with Crippen LogP contribution in [0.15, 0.2) is 18.2 Å². The lowest BCUT2D eigenvalue weighted by Gasteiger charge is -2.21. The number of carbonyl (C=O) groups excluding carboxylic acids is 1. The maximum absolute atomic E-state index is 12.1. The Morgan fingerprint density at radius 1 is 1.24 bits per heavy atom. The van der Waals surface area contributed by atoms with Gasteiger partial charge < -0.3 is 10.6 Å². The summed E-state index contributed by atoms with van der Waals surface area (Å²) in [6, 6.07) is 6.83. The van der Waals surface area contributed by atoms with Crippen LogP contribution in [0.25, 0.3) is 0 Å². The van der Waals surface area contributed by atoms with Crippen molar-refractivity contribution in [2.75, 3.05) is 6.54 Å². The van der Waals surface area contributed by atoms with Crippen LogP contribution < -0.4 is 10.6 Å². The first-order valence-electron chi connectivity index (χ1n) is 7.89. The van der Waals surface area contributed by atoms with Crippen molar-refractivity contribution in [2.45, 2.75) is 57.5 Å². The fourth-order valence-electron chi connectivity index (χ4n) is 3.33. The molecule has 1 aromatic rings. The highest BCUT2D eigenvalue weighted by atomic mass is 35.5. The smallest absolute Gasteiger partial charge is 0.237 e. The molecular formula is C17H25ClN2O. The molecule has 0 spiro atoms. The maximum Gasteiger partial charge on any atom is 0.237 e. The van der Waals surface area contributed by atoms with E-state index in [2.05, 4.69) is 35.8 Å². The minimum atomic E-state index is 0. The first kappa shape index (κ1) is 16.3. The Kier molecular flexibility index (Phi) is 5.65. The Labute approximate surface area is 133 Å². The van der Waals surface area contributed by atoms with Crippen LogP contribution in [0.5, 0.6) is 0 Å². The number of nitrogens with one attached hydrogen (secondary N) is 2. The average molecular weight is 309 g/mol. The van der Waals surface area contributed by atoms with Gasteiger partial charge in [0.15, 0.2) is 0 Å². The highest BCUT2D eigenvalue weighted by Gasteiger charge is 2.23. The first-order chi connectivity index (χ1) is 9.74. The molecule has 1 unspecified atom stereocenters. The van der Waals surface area contributed by atoms with E-state index in [0.29, 0.717) is 0 Å². The molecule has 3 rings (SSSR count). The molecule has 1 saturated heterocycles. The largest absolute Gasteiger partial charge is 0.348 e. The van der Waals surface area contributed by atoms with Gasteiger partial charge in [0.2, 0.25) is 5.91 Å². The number of hydrogen-bond donors (Lipinski definition) is 2. The second kappa shape index (κ2) is 7.28. The van der Waals surface area contributed by atoms with Crippen molar-refractivity contribution >= 4 is 18.3 Å². The first-order valence-corrected chi connectivity index (χ1v) is 7.89. The van der Waals surface area contributed by atoms with Gasteiger partial charge in [0, 0.05) is 0 Å². The van der Waals surface area contributed by atoms with Gasteiger partial charge in [-0.25, -0.2) is 0 Å². The second-order valence-electron chi connectivity index (χ2n) is 6.11. The van der Waals surface area contributed by atoms with E-state index in [0.717, 1.165) is 19.4 Å². The standard InChI is InChI=1S/C17H24N2O.ClH/c1-12(19-17(20)16-7-4-10-18-16)14-9-8-13-5-2-3-6-15(13)11-14;/h8-9,11-12,16,18H,2-7,10H2,1H3,(H,19,20);1H/t12?,16-;/m0./s1. The van der Waals surface area contributed by atoms with Gasteiger partial charge in [-0.05, 0) is 68.7 Å². The Hall–Kier alpha value is -1.06. The minimum Gasteiger partial charge on any atom is -0.348 e. The van der Waals surface area contributed by atoms with E-state index in [1.54, 1.807) is 0 Å². The molecule has 0 bridgehead atoms. The Morgan fingerprint density at radius 3 is 2.71 bits per heavy atom. The van der Waals surface area contributed by atoms with Crippen LogP contribution in [0.4, 0.5) is 0 Å². The number of rotatable bonds is 3. The summed E-state index contributed by atoms with van der Waals surface area (Å²) < 4.78 is 0. The third-order valence-corrected chi connectivity index (χ3v) is 4.61. The summed E-state index contributed by atoms with van der Waals surface area (Å²) in [4.78, 5) is 12.1. The zero-order valence-electron chi connectivity index (χ0n) is 12.7. The second-order valence-corrected chi connectivity index (χ2v) is 6.11. The third-order valence-electron chi connectivity index (χ3n) is 4.61. The van der Waals surface area contributed by atoms with Gasteiger partial charge in [0.05, 0.1) is 12.1 Å². The number of amides is 1. The number of carbonyl (C=O) groups is 1. The number of halogens is 1. The lowest BCUT2D eigenvalue weighted by atomic mass is 9.89. The van der Waals surface area contributed by atoms with Crippen molar-refractivity contribution in [3.05, 3.63) is 34.9 Å². The predicted octanol–water partition coefficient (Wildman–Crippen LogP) is 2.92. The highest BCUT2D eigenvalue weighted by Crippen LogP contribution is 2.24. The molecule has 1 aromatic carbocycles. The zero-order chi connectivity index (χ0) is 13.9. The van der Waals surface area contributed by atoms with Gasteiger partial charge in [-0.2, -0.15) is 0 Å². The van der Waals surface area contributed by atoms with E-state index in [1.807, 2.05) is 0 Å². The van der Waals surface area contributed by atoms with Crippen LogP contribution >= 0.6 is 12.4 Å². The fraction of sp³-hybridized carbons (Fsp3) is 0.588. The summed E-state index contributed by atoms with van der Waals surface area (Å²) in [5.41, 5.74) is 4.21. The van der Waals surface area contributed by atoms with E-state index in [-0.39, 0.29) is 30.4 Å². The number of fused-ring (bicyclic) bond motifs is 1. The molecular weight excluding hydrogens is 284 g/mol. The molecule has 21 heavy (non-hydrogen) atoms. The minimum absolute atomic E-state index is 0. The molecule has 0 saturated carbocycles. The highest BCUT2D eigenvalue weighted by molar-refractivity contribution is 5.85. The summed E-state index contributed by atoms with van der Waals surface area (Å²) in [7, 11) is 0. The molecule has 1 aliphatic heterocycles. The predicted molar refractivity (Wildman–Crippen MR) is 87.9 cm³/mol. The fourth-order valence-corrected chi connectivity index (χ4v) is 3.33. The monoisotopic (exact) mass is 308 g/mol. The third kappa shape index (κ3) is 3.78. The zero-order valence-corrected chi connectivity index (χ0v) is 13.5. The van der Waals surface area contributed by atoms with Crippen LogP contribution in [0.2, 0.25) is 0 Å². The molecule has 1 aliphatic carbocycles. The average Bonchev–Trinajstić information content (AvgIpc) is 3.01. The summed E-state index contributed by atoms with van der Waals surface area (Å²) >= 11 is 0. The van der Waals surface area contributed by atoms with Gasteiger partial charge in [-0.15, -0.1) is 12.4 Å². The molecule has 1 fully saturated rings. The van der Waals surface area contributed by atoms with Gasteiger partial charge in [0.1, 0.15) is 0 Å². The van der Waals surface area contributed by atoms with Crippen LogP contribution in [-0.2, 0) is 17.6 Å². The van der Waals surface area contributed by atoms with E-state index in [1.165, 1.54) is 42.4 Å². The molecule has 2 aliphatic rings. The molecule has 2 N–H and O–H groups in total. The van der Waals surface area contributed by atoms with E-state index < -0.39 is 0 Å². The van der Waals surface area contributed by atoms with Crippen LogP contribution in [0.3, 0.4) is 0 Å². The van der Waals surface area contributed by atoms with Crippen molar-refractivity contribution in [3.63, 3.8) is 0 Å². The topological polar surface area (TPSA) is 41.1 Å². The van der Waals surface area contributed by atoms with E-state index in [4.69, 9.17) is 0 Å². The van der Waals surface area contributed by atoms with Crippen LogP contribution in [0.1, 0.15) is 55.3 Å². The molecule has 1 amide bonds. The Bertz CT molecular complexity index is 498. The van der Waals surface area contributed by atoms with Crippen molar-refractivity contribution in [2.24, 2.45) is 0 Å². The van der Waals surface area contributed by atoms with Gasteiger partial charge >= 0.3 is 0 Å². The van der Waals surface area contributed by atoms with Crippen molar-refractivity contribution < 1.29 is 4.79 Å². The van der Waals surface area contributed by atoms with Crippen molar-refractivity contribution in [3.8, 4) is 0 Å². The Morgan fingerprint density at radius 2 is 2.00 bits per heavy atom. The SMILES string of the molecule is CC(NC(=O)[C@@H]1CCCN1)c1ccc2c(c1)CCCC2.Cl. The Balaban J connectivity index is 0.00000161. The molecule has 4 heteroatoms. The summed E-state index contributed by atoms with van der Waals surface area (Å²) in [5, 5.41) is 6.39. The van der Waals surface area contributed by atoms with Gasteiger partial charge in [-0.3, -0.25) is 4.79 Å². The van der Waals surface area contributed by atoms with Crippen LogP contribution in [0, 0.1) is 0 Å². The van der Waals surface area contributed by atoms with Crippen molar-refractivity contribution in [1.29, 1.82) is 0 Å². The van der Waals surface area contributed by atoms with Gasteiger partial charge in [0.25, 0.3) is 0 Å². The van der Waals surface area contributed by atoms with E-state index in [9.17, 15) is 4.79 Å². The molecule has 0 aromatic heterocycles. The van der Waals surface area contributed by atoms with Gasteiger partial charge in [-0.1, -0.05) is 18.2 Å².